The summed E-state index contributed by atoms with van der Waals surface area (Å²) in [6, 6.07) is 9.52. The Hall–Kier alpha value is -0.380. The maximum absolute atomic E-state index is 5.82. The quantitative estimate of drug-likeness (QED) is 0.858. The standard InChI is InChI=1S/C16H22BrNO/c17-14-4-1-3-12(9-14)13(11-18-15-6-7-15)10-16-5-2-8-19-16/h1,3-4,9,13,15-16,18H,2,5-8,10-11H2. The van der Waals surface area contributed by atoms with Crippen LogP contribution >= 0.6 is 15.9 Å². The smallest absolute Gasteiger partial charge is 0.0582 e. The predicted octanol–water partition coefficient (Wildman–Crippen LogP) is 3.85. The number of benzene rings is 1. The van der Waals surface area contributed by atoms with Gasteiger partial charge in [-0.05, 0) is 55.7 Å². The summed E-state index contributed by atoms with van der Waals surface area (Å²) >= 11 is 3.58. The van der Waals surface area contributed by atoms with Gasteiger partial charge in [-0.25, -0.2) is 0 Å². The van der Waals surface area contributed by atoms with Crippen LogP contribution in [0.25, 0.3) is 0 Å². The third kappa shape index (κ3) is 4.04. The van der Waals surface area contributed by atoms with E-state index in [0.29, 0.717) is 12.0 Å². The van der Waals surface area contributed by atoms with Gasteiger partial charge in [-0.3, -0.25) is 0 Å². The van der Waals surface area contributed by atoms with Gasteiger partial charge in [-0.2, -0.15) is 0 Å². The highest BCUT2D eigenvalue weighted by Gasteiger charge is 2.25. The molecule has 2 atom stereocenters. The number of rotatable bonds is 6. The second-order valence-electron chi connectivity index (χ2n) is 5.81. The van der Waals surface area contributed by atoms with E-state index in [9.17, 15) is 0 Å². The lowest BCUT2D eigenvalue weighted by atomic mass is 9.92. The van der Waals surface area contributed by atoms with Crippen LogP contribution in [0.2, 0.25) is 0 Å². The van der Waals surface area contributed by atoms with Crippen LogP contribution < -0.4 is 5.32 Å². The van der Waals surface area contributed by atoms with Crippen LogP contribution in [0, 0.1) is 0 Å². The minimum atomic E-state index is 0.463. The average Bonchev–Trinajstić information content (AvgIpc) is 3.10. The lowest BCUT2D eigenvalue weighted by Crippen LogP contribution is -2.26. The average molecular weight is 324 g/mol. The molecule has 0 spiro atoms. The van der Waals surface area contributed by atoms with Crippen molar-refractivity contribution in [3.8, 4) is 0 Å². The van der Waals surface area contributed by atoms with E-state index in [1.54, 1.807) is 0 Å². The van der Waals surface area contributed by atoms with Crippen LogP contribution in [0.1, 0.15) is 43.6 Å². The zero-order valence-corrected chi connectivity index (χ0v) is 12.9. The fourth-order valence-electron chi connectivity index (χ4n) is 2.84. The van der Waals surface area contributed by atoms with E-state index in [1.165, 1.54) is 35.7 Å². The molecule has 1 aromatic rings. The molecule has 2 nitrogen and oxygen atoms in total. The number of hydrogen-bond donors (Lipinski definition) is 1. The molecule has 0 aromatic heterocycles. The van der Waals surface area contributed by atoms with Crippen LogP contribution in [0.3, 0.4) is 0 Å². The molecule has 0 radical (unpaired) electrons. The molecular formula is C16H22BrNO. The molecule has 2 aliphatic rings. The predicted molar refractivity (Wildman–Crippen MR) is 81.5 cm³/mol. The molecule has 3 rings (SSSR count). The zero-order valence-electron chi connectivity index (χ0n) is 11.3. The molecule has 1 saturated heterocycles. The van der Waals surface area contributed by atoms with Gasteiger partial charge >= 0.3 is 0 Å². The van der Waals surface area contributed by atoms with Gasteiger partial charge in [0.05, 0.1) is 6.10 Å². The minimum Gasteiger partial charge on any atom is -0.378 e. The first-order valence-electron chi connectivity index (χ1n) is 7.42. The third-order valence-corrected chi connectivity index (χ3v) is 4.62. The van der Waals surface area contributed by atoms with Crippen molar-refractivity contribution in [2.45, 2.75) is 50.2 Å². The Morgan fingerprint density at radius 1 is 1.32 bits per heavy atom. The fourth-order valence-corrected chi connectivity index (χ4v) is 3.26. The highest BCUT2D eigenvalue weighted by Crippen LogP contribution is 2.29. The molecule has 19 heavy (non-hydrogen) atoms. The first kappa shape index (κ1) is 13.6. The van der Waals surface area contributed by atoms with Gasteiger partial charge in [0, 0.05) is 23.7 Å². The second-order valence-corrected chi connectivity index (χ2v) is 6.72. The summed E-state index contributed by atoms with van der Waals surface area (Å²) in [5.41, 5.74) is 1.43. The number of hydrogen-bond acceptors (Lipinski definition) is 2. The summed E-state index contributed by atoms with van der Waals surface area (Å²) in [5.74, 6) is 0.571. The van der Waals surface area contributed by atoms with Gasteiger partial charge in [0.2, 0.25) is 0 Å². The van der Waals surface area contributed by atoms with Crippen molar-refractivity contribution in [1.82, 2.24) is 5.32 Å². The van der Waals surface area contributed by atoms with Gasteiger partial charge in [-0.15, -0.1) is 0 Å². The minimum absolute atomic E-state index is 0.463. The normalized spacial score (nSPS) is 24.6. The summed E-state index contributed by atoms with van der Waals surface area (Å²) < 4.78 is 6.99. The van der Waals surface area contributed by atoms with E-state index in [4.69, 9.17) is 4.74 Å². The molecule has 0 amide bonds. The van der Waals surface area contributed by atoms with Crippen molar-refractivity contribution in [3.63, 3.8) is 0 Å². The van der Waals surface area contributed by atoms with Gasteiger partial charge in [0.1, 0.15) is 0 Å². The molecule has 0 bridgehead atoms. The molecule has 2 unspecified atom stereocenters. The Kier molecular flexibility index (Phi) is 4.57. The van der Waals surface area contributed by atoms with Crippen LogP contribution in [0.4, 0.5) is 0 Å². The van der Waals surface area contributed by atoms with E-state index in [1.807, 2.05) is 0 Å². The van der Waals surface area contributed by atoms with Crippen molar-refractivity contribution >= 4 is 15.9 Å². The molecule has 1 aliphatic heterocycles. The molecule has 1 N–H and O–H groups in total. The van der Waals surface area contributed by atoms with E-state index >= 15 is 0 Å². The highest BCUT2D eigenvalue weighted by molar-refractivity contribution is 9.10. The lowest BCUT2D eigenvalue weighted by Gasteiger charge is -2.21. The number of halogens is 1. The number of nitrogens with one attached hydrogen (secondary N) is 1. The summed E-state index contributed by atoms with van der Waals surface area (Å²) in [5, 5.41) is 3.68. The molecule has 1 aliphatic carbocycles. The molecular weight excluding hydrogens is 302 g/mol. The number of ether oxygens (including phenoxy) is 1. The third-order valence-electron chi connectivity index (χ3n) is 4.12. The molecule has 104 valence electrons. The monoisotopic (exact) mass is 323 g/mol. The molecule has 1 heterocycles. The van der Waals surface area contributed by atoms with Gasteiger partial charge < -0.3 is 10.1 Å². The molecule has 3 heteroatoms. The Morgan fingerprint density at radius 3 is 2.89 bits per heavy atom. The summed E-state index contributed by atoms with van der Waals surface area (Å²) in [7, 11) is 0. The summed E-state index contributed by atoms with van der Waals surface area (Å²) in [6.45, 7) is 2.03. The van der Waals surface area contributed by atoms with Crippen molar-refractivity contribution in [2.75, 3.05) is 13.2 Å². The van der Waals surface area contributed by atoms with Gasteiger partial charge in [0.25, 0.3) is 0 Å². The maximum atomic E-state index is 5.82. The van der Waals surface area contributed by atoms with E-state index < -0.39 is 0 Å². The second kappa shape index (κ2) is 6.38. The van der Waals surface area contributed by atoms with Crippen molar-refractivity contribution < 1.29 is 4.74 Å². The topological polar surface area (TPSA) is 21.3 Å². The van der Waals surface area contributed by atoms with Crippen LogP contribution in [0.5, 0.6) is 0 Å². The Bertz CT molecular complexity index is 413. The summed E-state index contributed by atoms with van der Waals surface area (Å²) in [4.78, 5) is 0. The van der Waals surface area contributed by atoms with Crippen LogP contribution in [-0.2, 0) is 4.74 Å². The van der Waals surface area contributed by atoms with Crippen molar-refractivity contribution in [2.24, 2.45) is 0 Å². The van der Waals surface area contributed by atoms with Crippen LogP contribution in [-0.4, -0.2) is 25.3 Å². The maximum Gasteiger partial charge on any atom is 0.0582 e. The largest absolute Gasteiger partial charge is 0.378 e. The van der Waals surface area contributed by atoms with Crippen LogP contribution in [0.15, 0.2) is 28.7 Å². The Labute approximate surface area is 124 Å². The molecule has 1 saturated carbocycles. The van der Waals surface area contributed by atoms with E-state index in [2.05, 4.69) is 45.5 Å². The van der Waals surface area contributed by atoms with Gasteiger partial charge in [-0.1, -0.05) is 28.1 Å². The Balaban J connectivity index is 1.66. The first-order valence-corrected chi connectivity index (χ1v) is 8.21. The van der Waals surface area contributed by atoms with Gasteiger partial charge in [0.15, 0.2) is 0 Å². The van der Waals surface area contributed by atoms with E-state index in [0.717, 1.165) is 25.6 Å². The first-order chi connectivity index (χ1) is 9.31. The molecule has 1 aromatic carbocycles. The highest BCUT2D eigenvalue weighted by atomic mass is 79.9. The Morgan fingerprint density at radius 2 is 2.21 bits per heavy atom. The van der Waals surface area contributed by atoms with Crippen molar-refractivity contribution in [3.05, 3.63) is 34.3 Å². The lowest BCUT2D eigenvalue weighted by molar-refractivity contribution is 0.0976. The van der Waals surface area contributed by atoms with Crippen molar-refractivity contribution in [1.29, 1.82) is 0 Å². The fraction of sp³-hybridized carbons (Fsp3) is 0.625. The summed E-state index contributed by atoms with van der Waals surface area (Å²) in [6.07, 6.45) is 6.77. The zero-order chi connectivity index (χ0) is 13.1. The SMILES string of the molecule is Brc1cccc(C(CNC2CC2)CC2CCCO2)c1. The molecule has 2 fully saturated rings. The van der Waals surface area contributed by atoms with E-state index in [-0.39, 0.29) is 0 Å².